The second-order valence-electron chi connectivity index (χ2n) is 7.84. The summed E-state index contributed by atoms with van der Waals surface area (Å²) >= 11 is 0. The van der Waals surface area contributed by atoms with Crippen LogP contribution in [0.1, 0.15) is 56.8 Å². The highest BCUT2D eigenvalue weighted by Crippen LogP contribution is 2.41. The summed E-state index contributed by atoms with van der Waals surface area (Å²) in [7, 11) is 0. The second-order valence-corrected chi connectivity index (χ2v) is 7.84. The summed E-state index contributed by atoms with van der Waals surface area (Å²) in [6.45, 7) is 6.79. The van der Waals surface area contributed by atoms with E-state index in [1.54, 1.807) is 0 Å². The summed E-state index contributed by atoms with van der Waals surface area (Å²) in [5.74, 6) is -0.0655. The van der Waals surface area contributed by atoms with Gasteiger partial charge in [-0.1, -0.05) is 20.8 Å². The molecule has 0 radical (unpaired) electrons. The molecular formula is C18H28N2O4. The highest BCUT2D eigenvalue weighted by Gasteiger charge is 2.37. The minimum Gasteiger partial charge on any atom is -0.472 e. The van der Waals surface area contributed by atoms with Crippen molar-refractivity contribution < 1.29 is 19.1 Å². The van der Waals surface area contributed by atoms with E-state index < -0.39 is 5.60 Å². The number of carbonyl (C=O) groups is 2. The Morgan fingerprint density at radius 1 is 1.29 bits per heavy atom. The van der Waals surface area contributed by atoms with Gasteiger partial charge in [0.05, 0.1) is 24.0 Å². The Labute approximate surface area is 143 Å². The van der Waals surface area contributed by atoms with E-state index in [-0.39, 0.29) is 30.3 Å². The molecule has 1 heterocycles. The zero-order valence-corrected chi connectivity index (χ0v) is 14.7. The smallest absolute Gasteiger partial charge is 0.254 e. The molecule has 1 aromatic heterocycles. The zero-order valence-electron chi connectivity index (χ0n) is 14.7. The number of nitrogens with one attached hydrogen (secondary N) is 2. The van der Waals surface area contributed by atoms with Gasteiger partial charge in [-0.05, 0) is 43.1 Å². The molecule has 1 aliphatic rings. The fourth-order valence-electron chi connectivity index (χ4n) is 3.18. The Morgan fingerprint density at radius 3 is 2.50 bits per heavy atom. The molecule has 0 saturated heterocycles. The molecule has 0 bridgehead atoms. The SMILES string of the molecule is CC(C)(C)C1CCC(O)(CNC(=O)CNC(=O)c2ccoc2)CC1. The molecule has 6 heteroatoms. The summed E-state index contributed by atoms with van der Waals surface area (Å²) < 4.78 is 4.82. The molecule has 1 fully saturated rings. The van der Waals surface area contributed by atoms with Gasteiger partial charge in [-0.15, -0.1) is 0 Å². The van der Waals surface area contributed by atoms with Gasteiger partial charge in [0.15, 0.2) is 0 Å². The molecule has 24 heavy (non-hydrogen) atoms. The van der Waals surface area contributed by atoms with Crippen LogP contribution in [0, 0.1) is 11.3 Å². The van der Waals surface area contributed by atoms with Crippen molar-refractivity contribution in [3.8, 4) is 0 Å². The third-order valence-corrected chi connectivity index (χ3v) is 4.95. The minimum absolute atomic E-state index is 0.120. The van der Waals surface area contributed by atoms with Gasteiger partial charge in [-0.25, -0.2) is 0 Å². The average Bonchev–Trinajstić information content (AvgIpc) is 3.04. The molecule has 1 aliphatic carbocycles. The summed E-state index contributed by atoms with van der Waals surface area (Å²) in [5, 5.41) is 15.9. The highest BCUT2D eigenvalue weighted by molar-refractivity contribution is 5.96. The van der Waals surface area contributed by atoms with Crippen LogP contribution in [0.15, 0.2) is 23.0 Å². The Morgan fingerprint density at radius 2 is 1.96 bits per heavy atom. The lowest BCUT2D eigenvalue weighted by molar-refractivity contribution is -0.122. The quantitative estimate of drug-likeness (QED) is 0.768. The van der Waals surface area contributed by atoms with Crippen LogP contribution in [0.4, 0.5) is 0 Å². The van der Waals surface area contributed by atoms with Crippen molar-refractivity contribution in [3.63, 3.8) is 0 Å². The maximum absolute atomic E-state index is 11.9. The van der Waals surface area contributed by atoms with E-state index >= 15 is 0 Å². The zero-order chi connectivity index (χ0) is 17.8. The van der Waals surface area contributed by atoms with E-state index in [9.17, 15) is 14.7 Å². The van der Waals surface area contributed by atoms with Gasteiger partial charge in [0.25, 0.3) is 5.91 Å². The van der Waals surface area contributed by atoms with E-state index in [1.807, 2.05) is 0 Å². The first-order valence-electron chi connectivity index (χ1n) is 8.49. The third kappa shape index (κ3) is 5.09. The topological polar surface area (TPSA) is 91.6 Å². The van der Waals surface area contributed by atoms with Crippen LogP contribution in [-0.4, -0.2) is 35.6 Å². The lowest BCUT2D eigenvalue weighted by Crippen LogP contribution is -2.48. The van der Waals surface area contributed by atoms with Crippen molar-refractivity contribution in [3.05, 3.63) is 24.2 Å². The molecule has 2 rings (SSSR count). The van der Waals surface area contributed by atoms with Crippen molar-refractivity contribution in [1.82, 2.24) is 10.6 Å². The molecule has 1 saturated carbocycles. The summed E-state index contributed by atoms with van der Waals surface area (Å²) in [5.41, 5.74) is -0.213. The van der Waals surface area contributed by atoms with Crippen LogP contribution in [0.25, 0.3) is 0 Å². The van der Waals surface area contributed by atoms with Crippen molar-refractivity contribution >= 4 is 11.8 Å². The van der Waals surface area contributed by atoms with Crippen LogP contribution in [0.2, 0.25) is 0 Å². The normalized spacial score (nSPS) is 24.4. The molecule has 0 aromatic carbocycles. The molecule has 0 spiro atoms. The molecule has 3 N–H and O–H groups in total. The molecule has 0 aliphatic heterocycles. The first kappa shape index (κ1) is 18.5. The number of furan rings is 1. The lowest BCUT2D eigenvalue weighted by atomic mass is 9.68. The third-order valence-electron chi connectivity index (χ3n) is 4.95. The summed E-state index contributed by atoms with van der Waals surface area (Å²) in [6, 6.07) is 1.53. The van der Waals surface area contributed by atoms with Crippen molar-refractivity contribution in [1.29, 1.82) is 0 Å². The lowest BCUT2D eigenvalue weighted by Gasteiger charge is -2.41. The standard InChI is InChI=1S/C18H28N2O4/c1-17(2,3)14-4-7-18(23,8-5-14)12-20-15(21)10-19-16(22)13-6-9-24-11-13/h6,9,11,14,23H,4-5,7-8,10,12H2,1-3H3,(H,19,22)(H,20,21). The predicted octanol–water partition coefficient (Wildman–Crippen LogP) is 2.09. The Balaban J connectivity index is 1.71. The number of aliphatic hydroxyl groups is 1. The van der Waals surface area contributed by atoms with Crippen LogP contribution in [-0.2, 0) is 4.79 Å². The predicted molar refractivity (Wildman–Crippen MR) is 90.4 cm³/mol. The van der Waals surface area contributed by atoms with Crippen LogP contribution in [0.3, 0.4) is 0 Å². The molecule has 2 amide bonds. The average molecular weight is 336 g/mol. The molecule has 6 nitrogen and oxygen atoms in total. The van der Waals surface area contributed by atoms with E-state index in [4.69, 9.17) is 4.42 Å². The first-order chi connectivity index (χ1) is 11.2. The van der Waals surface area contributed by atoms with Gasteiger partial charge in [0, 0.05) is 6.54 Å². The van der Waals surface area contributed by atoms with Gasteiger partial charge in [0.1, 0.15) is 6.26 Å². The number of amides is 2. The number of hydrogen-bond acceptors (Lipinski definition) is 4. The monoisotopic (exact) mass is 336 g/mol. The van der Waals surface area contributed by atoms with Crippen molar-refractivity contribution in [2.45, 2.75) is 52.1 Å². The molecule has 134 valence electrons. The maximum atomic E-state index is 11.9. The molecule has 0 atom stereocenters. The van der Waals surface area contributed by atoms with Crippen molar-refractivity contribution in [2.75, 3.05) is 13.1 Å². The van der Waals surface area contributed by atoms with E-state index in [0.29, 0.717) is 24.3 Å². The Kier molecular flexibility index (Phi) is 5.70. The van der Waals surface area contributed by atoms with Gasteiger partial charge in [-0.3, -0.25) is 9.59 Å². The number of carbonyl (C=O) groups excluding carboxylic acids is 2. The van der Waals surface area contributed by atoms with E-state index in [1.165, 1.54) is 18.6 Å². The van der Waals surface area contributed by atoms with Gasteiger partial charge >= 0.3 is 0 Å². The Hall–Kier alpha value is -1.82. The number of hydrogen-bond donors (Lipinski definition) is 3. The fraction of sp³-hybridized carbons (Fsp3) is 0.667. The molecule has 0 unspecified atom stereocenters. The van der Waals surface area contributed by atoms with Crippen LogP contribution in [0.5, 0.6) is 0 Å². The van der Waals surface area contributed by atoms with Gasteiger partial charge in [-0.2, -0.15) is 0 Å². The Bertz CT molecular complexity index is 552. The van der Waals surface area contributed by atoms with E-state index in [0.717, 1.165) is 12.8 Å². The summed E-state index contributed by atoms with van der Waals surface area (Å²) in [4.78, 5) is 23.6. The van der Waals surface area contributed by atoms with E-state index in [2.05, 4.69) is 31.4 Å². The van der Waals surface area contributed by atoms with Crippen molar-refractivity contribution in [2.24, 2.45) is 11.3 Å². The maximum Gasteiger partial charge on any atom is 0.254 e. The van der Waals surface area contributed by atoms with Crippen LogP contribution >= 0.6 is 0 Å². The first-order valence-corrected chi connectivity index (χ1v) is 8.49. The second kappa shape index (κ2) is 7.38. The highest BCUT2D eigenvalue weighted by atomic mass is 16.3. The molecular weight excluding hydrogens is 308 g/mol. The minimum atomic E-state index is -0.841. The summed E-state index contributed by atoms with van der Waals surface area (Å²) in [6.07, 6.45) is 6.04. The number of rotatable bonds is 5. The largest absolute Gasteiger partial charge is 0.472 e. The van der Waals surface area contributed by atoms with Gasteiger partial charge < -0.3 is 20.2 Å². The molecule has 1 aromatic rings. The van der Waals surface area contributed by atoms with Gasteiger partial charge in [0.2, 0.25) is 5.91 Å². The fourth-order valence-corrected chi connectivity index (χ4v) is 3.18. The van der Waals surface area contributed by atoms with Crippen LogP contribution < -0.4 is 10.6 Å².